The molecule has 104 valence electrons. The summed E-state index contributed by atoms with van der Waals surface area (Å²) in [6.07, 6.45) is 1.75. The van der Waals surface area contributed by atoms with Gasteiger partial charge >= 0.3 is 0 Å². The number of aromatic nitrogens is 1. The standard InChI is InChI=1S/C16H19N3O/c1-12-6-8-13(9-7-12)16(20)18-11-14-5-4-10-17-15(14)19(2)3/h4-10H,11H2,1-3H3,(H,18,20). The molecule has 0 fully saturated rings. The lowest BCUT2D eigenvalue weighted by molar-refractivity contribution is 0.0951. The van der Waals surface area contributed by atoms with Crippen molar-refractivity contribution in [1.29, 1.82) is 0 Å². The number of benzene rings is 1. The SMILES string of the molecule is Cc1ccc(C(=O)NCc2cccnc2N(C)C)cc1. The second-order valence-electron chi connectivity index (χ2n) is 4.93. The first-order chi connectivity index (χ1) is 9.58. The largest absolute Gasteiger partial charge is 0.362 e. The summed E-state index contributed by atoms with van der Waals surface area (Å²) in [5, 5.41) is 2.92. The number of rotatable bonds is 4. The first-order valence-electron chi connectivity index (χ1n) is 6.54. The molecule has 20 heavy (non-hydrogen) atoms. The van der Waals surface area contributed by atoms with Crippen LogP contribution in [0.25, 0.3) is 0 Å². The fourth-order valence-electron chi connectivity index (χ4n) is 1.95. The van der Waals surface area contributed by atoms with Gasteiger partial charge in [0.25, 0.3) is 5.91 Å². The van der Waals surface area contributed by atoms with E-state index in [1.807, 2.05) is 62.3 Å². The van der Waals surface area contributed by atoms with E-state index >= 15 is 0 Å². The van der Waals surface area contributed by atoms with Crippen molar-refractivity contribution in [2.24, 2.45) is 0 Å². The van der Waals surface area contributed by atoms with E-state index in [2.05, 4.69) is 10.3 Å². The zero-order valence-corrected chi connectivity index (χ0v) is 12.1. The number of pyridine rings is 1. The summed E-state index contributed by atoms with van der Waals surface area (Å²) in [5.41, 5.74) is 2.81. The molecular weight excluding hydrogens is 250 g/mol. The molecular formula is C16H19N3O. The third kappa shape index (κ3) is 3.35. The van der Waals surface area contributed by atoms with Gasteiger partial charge in [0.2, 0.25) is 0 Å². The highest BCUT2D eigenvalue weighted by molar-refractivity contribution is 5.94. The number of carbonyl (C=O) groups is 1. The normalized spacial score (nSPS) is 10.2. The van der Waals surface area contributed by atoms with Crippen LogP contribution in [-0.2, 0) is 6.54 Å². The molecule has 1 N–H and O–H groups in total. The Hall–Kier alpha value is -2.36. The van der Waals surface area contributed by atoms with E-state index in [1.165, 1.54) is 0 Å². The molecule has 0 atom stereocenters. The van der Waals surface area contributed by atoms with Crippen LogP contribution in [0, 0.1) is 6.92 Å². The van der Waals surface area contributed by atoms with Crippen LogP contribution in [0.2, 0.25) is 0 Å². The van der Waals surface area contributed by atoms with E-state index in [-0.39, 0.29) is 5.91 Å². The minimum absolute atomic E-state index is 0.0708. The number of nitrogens with zero attached hydrogens (tertiary/aromatic N) is 2. The van der Waals surface area contributed by atoms with Gasteiger partial charge in [0.1, 0.15) is 5.82 Å². The smallest absolute Gasteiger partial charge is 0.251 e. The van der Waals surface area contributed by atoms with Crippen LogP contribution in [-0.4, -0.2) is 25.0 Å². The molecule has 0 bridgehead atoms. The number of amides is 1. The van der Waals surface area contributed by atoms with Gasteiger partial charge in [-0.3, -0.25) is 4.79 Å². The van der Waals surface area contributed by atoms with Crippen molar-refractivity contribution < 1.29 is 4.79 Å². The molecule has 2 aromatic rings. The topological polar surface area (TPSA) is 45.2 Å². The first kappa shape index (κ1) is 14.1. The van der Waals surface area contributed by atoms with E-state index in [1.54, 1.807) is 6.20 Å². The molecule has 1 heterocycles. The lowest BCUT2D eigenvalue weighted by Gasteiger charge is -2.16. The van der Waals surface area contributed by atoms with Crippen molar-refractivity contribution in [3.05, 3.63) is 59.3 Å². The van der Waals surface area contributed by atoms with E-state index in [9.17, 15) is 4.79 Å². The maximum Gasteiger partial charge on any atom is 0.251 e. The second-order valence-corrected chi connectivity index (χ2v) is 4.93. The fourth-order valence-corrected chi connectivity index (χ4v) is 1.95. The van der Waals surface area contributed by atoms with Crippen molar-refractivity contribution in [3.8, 4) is 0 Å². The predicted molar refractivity (Wildman–Crippen MR) is 80.9 cm³/mol. The molecule has 0 aliphatic carbocycles. The first-order valence-corrected chi connectivity index (χ1v) is 6.54. The third-order valence-corrected chi connectivity index (χ3v) is 3.04. The summed E-state index contributed by atoms with van der Waals surface area (Å²) in [6.45, 7) is 2.47. The molecule has 0 saturated carbocycles. The third-order valence-electron chi connectivity index (χ3n) is 3.04. The van der Waals surface area contributed by atoms with Crippen molar-refractivity contribution in [3.63, 3.8) is 0 Å². The Morgan fingerprint density at radius 2 is 1.90 bits per heavy atom. The summed E-state index contributed by atoms with van der Waals surface area (Å²) >= 11 is 0. The molecule has 4 heteroatoms. The van der Waals surface area contributed by atoms with Gasteiger partial charge in [-0.05, 0) is 25.1 Å². The van der Waals surface area contributed by atoms with Crippen LogP contribution in [0.15, 0.2) is 42.6 Å². The van der Waals surface area contributed by atoms with E-state index < -0.39 is 0 Å². The highest BCUT2D eigenvalue weighted by Crippen LogP contribution is 2.14. The van der Waals surface area contributed by atoms with Gasteiger partial charge in [0.05, 0.1) is 0 Å². The summed E-state index contributed by atoms with van der Waals surface area (Å²) in [7, 11) is 3.88. The highest BCUT2D eigenvalue weighted by atomic mass is 16.1. The molecule has 0 saturated heterocycles. The maximum absolute atomic E-state index is 12.1. The number of carbonyl (C=O) groups excluding carboxylic acids is 1. The highest BCUT2D eigenvalue weighted by Gasteiger charge is 2.08. The zero-order valence-electron chi connectivity index (χ0n) is 12.1. The Labute approximate surface area is 119 Å². The number of aryl methyl sites for hydroxylation is 1. The van der Waals surface area contributed by atoms with Crippen LogP contribution in [0.4, 0.5) is 5.82 Å². The van der Waals surface area contributed by atoms with E-state index in [0.29, 0.717) is 12.1 Å². The summed E-state index contributed by atoms with van der Waals surface area (Å²) in [4.78, 5) is 18.3. The average Bonchev–Trinajstić information content (AvgIpc) is 2.45. The lowest BCUT2D eigenvalue weighted by atomic mass is 10.1. The molecule has 1 amide bonds. The van der Waals surface area contributed by atoms with Crippen molar-refractivity contribution >= 4 is 11.7 Å². The van der Waals surface area contributed by atoms with Crippen LogP contribution < -0.4 is 10.2 Å². The van der Waals surface area contributed by atoms with Crippen LogP contribution in [0.5, 0.6) is 0 Å². The van der Waals surface area contributed by atoms with Crippen molar-refractivity contribution in [2.45, 2.75) is 13.5 Å². The Morgan fingerprint density at radius 3 is 2.55 bits per heavy atom. The minimum atomic E-state index is -0.0708. The average molecular weight is 269 g/mol. The number of hydrogen-bond donors (Lipinski definition) is 1. The Morgan fingerprint density at radius 1 is 1.20 bits per heavy atom. The van der Waals surface area contributed by atoms with Gasteiger partial charge in [-0.25, -0.2) is 4.98 Å². The monoisotopic (exact) mass is 269 g/mol. The Kier molecular flexibility index (Phi) is 4.35. The summed E-state index contributed by atoms with van der Waals surface area (Å²) in [6, 6.07) is 11.4. The lowest BCUT2D eigenvalue weighted by Crippen LogP contribution is -2.24. The van der Waals surface area contributed by atoms with Crippen LogP contribution >= 0.6 is 0 Å². The summed E-state index contributed by atoms with van der Waals surface area (Å²) < 4.78 is 0. The molecule has 0 spiro atoms. The van der Waals surface area contributed by atoms with Crippen molar-refractivity contribution in [2.75, 3.05) is 19.0 Å². The van der Waals surface area contributed by atoms with Gasteiger partial charge in [-0.2, -0.15) is 0 Å². The van der Waals surface area contributed by atoms with Gasteiger partial charge < -0.3 is 10.2 Å². The van der Waals surface area contributed by atoms with Gasteiger partial charge in [-0.1, -0.05) is 23.8 Å². The molecule has 0 aliphatic heterocycles. The van der Waals surface area contributed by atoms with Gasteiger partial charge in [0.15, 0.2) is 0 Å². The summed E-state index contributed by atoms with van der Waals surface area (Å²) in [5.74, 6) is 0.801. The van der Waals surface area contributed by atoms with Crippen LogP contribution in [0.3, 0.4) is 0 Å². The fraction of sp³-hybridized carbons (Fsp3) is 0.250. The predicted octanol–water partition coefficient (Wildman–Crippen LogP) is 2.39. The molecule has 0 aliphatic rings. The molecule has 0 unspecified atom stereocenters. The Balaban J connectivity index is 2.05. The number of hydrogen-bond acceptors (Lipinski definition) is 3. The quantitative estimate of drug-likeness (QED) is 0.927. The number of nitrogens with one attached hydrogen (secondary N) is 1. The Bertz CT molecular complexity index is 591. The molecule has 1 aromatic carbocycles. The molecule has 0 radical (unpaired) electrons. The zero-order chi connectivity index (χ0) is 14.5. The van der Waals surface area contributed by atoms with Gasteiger partial charge in [0, 0.05) is 38.0 Å². The van der Waals surface area contributed by atoms with Crippen molar-refractivity contribution in [1.82, 2.24) is 10.3 Å². The molecule has 2 rings (SSSR count). The van der Waals surface area contributed by atoms with E-state index in [4.69, 9.17) is 0 Å². The maximum atomic E-state index is 12.1. The number of anilines is 1. The second kappa shape index (κ2) is 6.19. The minimum Gasteiger partial charge on any atom is -0.362 e. The van der Waals surface area contributed by atoms with Crippen LogP contribution in [0.1, 0.15) is 21.5 Å². The van der Waals surface area contributed by atoms with E-state index in [0.717, 1.165) is 16.9 Å². The van der Waals surface area contributed by atoms with Gasteiger partial charge in [-0.15, -0.1) is 0 Å². The molecule has 1 aromatic heterocycles. The molecule has 4 nitrogen and oxygen atoms in total.